The van der Waals surface area contributed by atoms with E-state index in [9.17, 15) is 14.4 Å². The lowest BCUT2D eigenvalue weighted by molar-refractivity contribution is -0.133. The van der Waals surface area contributed by atoms with Gasteiger partial charge in [-0.25, -0.2) is 4.79 Å². The number of benzene rings is 1. The molecule has 1 unspecified atom stereocenters. The largest absolute Gasteiger partial charge is 0.497 e. The SMILES string of the molecule is COc1ccc(C2(C)NC(=O)N(CC(=O)Nc3cc(C4CCCCC4)[nH]n3)C2=O)cc1. The number of anilines is 1. The summed E-state index contributed by atoms with van der Waals surface area (Å²) in [5, 5.41) is 12.5. The summed E-state index contributed by atoms with van der Waals surface area (Å²) in [6.45, 7) is 1.24. The molecule has 2 fully saturated rings. The number of hydrogen-bond acceptors (Lipinski definition) is 5. The lowest BCUT2D eigenvalue weighted by Gasteiger charge is -2.22. The van der Waals surface area contributed by atoms with Gasteiger partial charge in [0.15, 0.2) is 5.82 Å². The molecule has 4 amide bonds. The fraction of sp³-hybridized carbons (Fsp3) is 0.455. The van der Waals surface area contributed by atoms with Crippen LogP contribution in [-0.4, -0.2) is 46.6 Å². The molecule has 4 rings (SSSR count). The first-order chi connectivity index (χ1) is 14.9. The van der Waals surface area contributed by atoms with Crippen LogP contribution in [0.4, 0.5) is 10.6 Å². The number of carbonyl (C=O) groups is 3. The van der Waals surface area contributed by atoms with Gasteiger partial charge < -0.3 is 15.4 Å². The highest BCUT2D eigenvalue weighted by Crippen LogP contribution is 2.32. The Kier molecular flexibility index (Phi) is 5.67. The molecule has 1 atom stereocenters. The van der Waals surface area contributed by atoms with E-state index in [1.165, 1.54) is 19.3 Å². The Morgan fingerprint density at radius 2 is 1.94 bits per heavy atom. The molecule has 0 bridgehead atoms. The fourth-order valence-electron chi connectivity index (χ4n) is 4.31. The number of rotatable bonds is 6. The third kappa shape index (κ3) is 4.12. The van der Waals surface area contributed by atoms with E-state index in [0.717, 1.165) is 23.4 Å². The smallest absolute Gasteiger partial charge is 0.325 e. The van der Waals surface area contributed by atoms with Gasteiger partial charge in [0, 0.05) is 17.7 Å². The quantitative estimate of drug-likeness (QED) is 0.616. The molecule has 1 saturated heterocycles. The Labute approximate surface area is 180 Å². The second-order valence-electron chi connectivity index (χ2n) is 8.27. The van der Waals surface area contributed by atoms with Gasteiger partial charge in [0.2, 0.25) is 5.91 Å². The van der Waals surface area contributed by atoms with Crippen molar-refractivity contribution in [2.24, 2.45) is 0 Å². The predicted octanol–water partition coefficient (Wildman–Crippen LogP) is 2.87. The molecular weight excluding hydrogens is 398 g/mol. The van der Waals surface area contributed by atoms with Crippen molar-refractivity contribution in [3.05, 3.63) is 41.6 Å². The van der Waals surface area contributed by atoms with Crippen molar-refractivity contribution in [1.29, 1.82) is 0 Å². The molecule has 2 aromatic rings. The lowest BCUT2D eigenvalue weighted by Crippen LogP contribution is -2.42. The summed E-state index contributed by atoms with van der Waals surface area (Å²) in [6.07, 6.45) is 5.88. The number of nitrogens with zero attached hydrogens (tertiary/aromatic N) is 2. The molecule has 1 saturated carbocycles. The van der Waals surface area contributed by atoms with Crippen LogP contribution in [0.3, 0.4) is 0 Å². The third-order valence-electron chi connectivity index (χ3n) is 6.15. The summed E-state index contributed by atoms with van der Waals surface area (Å²) in [5.41, 5.74) is 0.375. The first kappa shape index (κ1) is 20.9. The predicted molar refractivity (Wildman–Crippen MR) is 114 cm³/mol. The summed E-state index contributed by atoms with van der Waals surface area (Å²) >= 11 is 0. The van der Waals surface area contributed by atoms with Crippen LogP contribution in [0.15, 0.2) is 30.3 Å². The number of aromatic nitrogens is 2. The molecule has 2 heterocycles. The Bertz CT molecular complexity index is 980. The molecule has 0 radical (unpaired) electrons. The number of hydrogen-bond donors (Lipinski definition) is 3. The zero-order valence-corrected chi connectivity index (χ0v) is 17.7. The molecule has 31 heavy (non-hydrogen) atoms. The topological polar surface area (TPSA) is 116 Å². The Morgan fingerprint density at radius 3 is 2.61 bits per heavy atom. The molecule has 1 aliphatic heterocycles. The Hall–Kier alpha value is -3.36. The summed E-state index contributed by atoms with van der Waals surface area (Å²) < 4.78 is 5.14. The molecule has 2 aliphatic rings. The highest BCUT2D eigenvalue weighted by atomic mass is 16.5. The summed E-state index contributed by atoms with van der Waals surface area (Å²) in [5.74, 6) is 0.512. The zero-order chi connectivity index (χ0) is 22.0. The van der Waals surface area contributed by atoms with E-state index in [2.05, 4.69) is 20.8 Å². The van der Waals surface area contributed by atoms with Gasteiger partial charge >= 0.3 is 6.03 Å². The zero-order valence-electron chi connectivity index (χ0n) is 17.7. The van der Waals surface area contributed by atoms with Crippen LogP contribution >= 0.6 is 0 Å². The maximum atomic E-state index is 13.0. The second kappa shape index (κ2) is 8.41. The summed E-state index contributed by atoms with van der Waals surface area (Å²) in [6, 6.07) is 8.10. The highest BCUT2D eigenvalue weighted by Gasteiger charge is 2.49. The molecule has 9 nitrogen and oxygen atoms in total. The first-order valence-electron chi connectivity index (χ1n) is 10.5. The maximum absolute atomic E-state index is 13.0. The maximum Gasteiger partial charge on any atom is 0.325 e. The molecule has 164 valence electrons. The van der Waals surface area contributed by atoms with Crippen molar-refractivity contribution >= 4 is 23.7 Å². The monoisotopic (exact) mass is 425 g/mol. The fourth-order valence-corrected chi connectivity index (χ4v) is 4.31. The normalized spacial score (nSPS) is 21.8. The van der Waals surface area contributed by atoms with Gasteiger partial charge in [-0.1, -0.05) is 31.4 Å². The molecular formula is C22H27N5O4. The number of imide groups is 1. The van der Waals surface area contributed by atoms with Gasteiger partial charge in [-0.15, -0.1) is 0 Å². The number of nitrogens with one attached hydrogen (secondary N) is 3. The number of aromatic amines is 1. The minimum absolute atomic E-state index is 0.387. The van der Waals surface area contributed by atoms with Gasteiger partial charge in [0.1, 0.15) is 17.8 Å². The molecule has 1 aromatic heterocycles. The van der Waals surface area contributed by atoms with Crippen LogP contribution in [0.25, 0.3) is 0 Å². The summed E-state index contributed by atoms with van der Waals surface area (Å²) in [7, 11) is 1.55. The van der Waals surface area contributed by atoms with E-state index >= 15 is 0 Å². The van der Waals surface area contributed by atoms with Crippen molar-refractivity contribution in [2.45, 2.75) is 50.5 Å². The third-order valence-corrected chi connectivity index (χ3v) is 6.15. The van der Waals surface area contributed by atoms with Gasteiger partial charge in [-0.3, -0.25) is 19.6 Å². The van der Waals surface area contributed by atoms with Crippen LogP contribution in [0.5, 0.6) is 5.75 Å². The van der Waals surface area contributed by atoms with Gasteiger partial charge in [-0.05, 0) is 37.5 Å². The summed E-state index contributed by atoms with van der Waals surface area (Å²) in [4.78, 5) is 38.9. The number of carbonyl (C=O) groups excluding carboxylic acids is 3. The Morgan fingerprint density at radius 1 is 1.23 bits per heavy atom. The van der Waals surface area contributed by atoms with E-state index in [1.54, 1.807) is 38.3 Å². The average Bonchev–Trinajstić information content (AvgIpc) is 3.33. The molecule has 9 heteroatoms. The van der Waals surface area contributed by atoms with E-state index in [-0.39, 0.29) is 6.54 Å². The van der Waals surface area contributed by atoms with Crippen molar-refractivity contribution in [2.75, 3.05) is 19.0 Å². The van der Waals surface area contributed by atoms with Crippen LogP contribution in [0.1, 0.15) is 56.2 Å². The van der Waals surface area contributed by atoms with E-state index in [1.807, 2.05) is 6.07 Å². The van der Waals surface area contributed by atoms with Crippen LogP contribution in [0.2, 0.25) is 0 Å². The minimum atomic E-state index is -1.25. The lowest BCUT2D eigenvalue weighted by atomic mass is 9.87. The van der Waals surface area contributed by atoms with E-state index in [0.29, 0.717) is 23.0 Å². The van der Waals surface area contributed by atoms with Crippen molar-refractivity contribution in [1.82, 2.24) is 20.4 Å². The molecule has 1 aliphatic carbocycles. The van der Waals surface area contributed by atoms with E-state index in [4.69, 9.17) is 4.74 Å². The standard InChI is InChI=1S/C22H27N5O4/c1-22(15-8-10-16(31-2)11-9-15)20(29)27(21(30)24-22)13-19(28)23-18-12-17(25-26-18)14-6-4-3-5-7-14/h8-12,14H,3-7,13H2,1-2H3,(H,24,30)(H2,23,25,26,28). The van der Waals surface area contributed by atoms with Gasteiger partial charge in [-0.2, -0.15) is 5.10 Å². The number of H-pyrrole nitrogens is 1. The van der Waals surface area contributed by atoms with Crippen LogP contribution in [-0.2, 0) is 15.1 Å². The average molecular weight is 425 g/mol. The minimum Gasteiger partial charge on any atom is -0.497 e. The molecule has 3 N–H and O–H groups in total. The number of urea groups is 1. The second-order valence-corrected chi connectivity index (χ2v) is 8.27. The number of ether oxygens (including phenoxy) is 1. The van der Waals surface area contributed by atoms with Gasteiger partial charge in [0.05, 0.1) is 7.11 Å². The van der Waals surface area contributed by atoms with Crippen molar-refractivity contribution in [3.8, 4) is 5.75 Å². The van der Waals surface area contributed by atoms with E-state index < -0.39 is 23.4 Å². The van der Waals surface area contributed by atoms with Crippen molar-refractivity contribution in [3.63, 3.8) is 0 Å². The van der Waals surface area contributed by atoms with Gasteiger partial charge in [0.25, 0.3) is 5.91 Å². The Balaban J connectivity index is 1.40. The van der Waals surface area contributed by atoms with Crippen LogP contribution in [0, 0.1) is 0 Å². The van der Waals surface area contributed by atoms with Crippen LogP contribution < -0.4 is 15.4 Å². The number of methoxy groups -OCH3 is 1. The molecule has 1 aromatic carbocycles. The van der Waals surface area contributed by atoms with Crippen molar-refractivity contribution < 1.29 is 19.1 Å². The molecule has 0 spiro atoms. The first-order valence-corrected chi connectivity index (χ1v) is 10.5. The number of amides is 4. The highest BCUT2D eigenvalue weighted by molar-refractivity contribution is 6.10.